The Bertz CT molecular complexity index is 1570. The molecule has 1 aromatic heterocycles. The van der Waals surface area contributed by atoms with Crippen molar-refractivity contribution in [2.75, 3.05) is 37.6 Å². The number of rotatable bonds is 6. The lowest BCUT2D eigenvalue weighted by atomic mass is 10.0. The second kappa shape index (κ2) is 13.2. The van der Waals surface area contributed by atoms with Crippen molar-refractivity contribution in [2.24, 2.45) is 0 Å². The number of aryl methyl sites for hydroxylation is 3. The monoisotopic (exact) mass is 679 g/mol. The molecule has 0 bridgehead atoms. The molecule has 2 aromatic carbocycles. The van der Waals surface area contributed by atoms with E-state index in [0.717, 1.165) is 36.0 Å². The Morgan fingerprint density at radius 2 is 1.80 bits per heavy atom. The number of nitrogens with one attached hydrogen (secondary N) is 1. The summed E-state index contributed by atoms with van der Waals surface area (Å²) in [6.07, 6.45) is 3.14. The number of halogens is 1. The third-order valence-corrected chi connectivity index (χ3v) is 8.50. The fourth-order valence-electron chi connectivity index (χ4n) is 6.03. The van der Waals surface area contributed by atoms with Crippen molar-refractivity contribution in [3.8, 4) is 5.69 Å². The van der Waals surface area contributed by atoms with Crippen LogP contribution in [0, 0.1) is 20.8 Å². The number of piperidine rings is 1. The number of anilines is 1. The third kappa shape index (κ3) is 7.84. The zero-order valence-electron chi connectivity index (χ0n) is 26.9. The fourth-order valence-corrected chi connectivity index (χ4v) is 6.72. The van der Waals surface area contributed by atoms with Crippen LogP contribution in [-0.4, -0.2) is 87.1 Å². The molecule has 1 unspecified atom stereocenters. The van der Waals surface area contributed by atoms with Crippen molar-refractivity contribution in [1.82, 2.24) is 30.1 Å². The molecular formula is C33H42BrN7O4. The van der Waals surface area contributed by atoms with Crippen molar-refractivity contribution >= 4 is 39.5 Å². The zero-order chi connectivity index (χ0) is 32.5. The maximum atomic E-state index is 13.7. The average Bonchev–Trinajstić information content (AvgIpc) is 3.41. The third-order valence-electron chi connectivity index (χ3n) is 8.04. The molecule has 0 aliphatic carbocycles. The minimum atomic E-state index is -0.629. The van der Waals surface area contributed by atoms with E-state index in [1.54, 1.807) is 36.5 Å². The van der Waals surface area contributed by atoms with Crippen LogP contribution in [-0.2, 0) is 16.1 Å². The number of carbonyl (C=O) groups is 3. The Kier molecular flexibility index (Phi) is 9.52. The number of nitrogens with zero attached hydrogens (tertiary/aromatic N) is 6. The molecule has 2 aliphatic heterocycles. The van der Waals surface area contributed by atoms with E-state index in [-0.39, 0.29) is 30.9 Å². The molecule has 2 fully saturated rings. The van der Waals surface area contributed by atoms with Gasteiger partial charge in [-0.2, -0.15) is 0 Å². The van der Waals surface area contributed by atoms with E-state index in [1.807, 2.05) is 25.1 Å². The number of hydrogen-bond acceptors (Lipinski definition) is 7. The van der Waals surface area contributed by atoms with Crippen molar-refractivity contribution in [1.29, 1.82) is 0 Å². The van der Waals surface area contributed by atoms with Crippen molar-refractivity contribution < 1.29 is 19.1 Å². The van der Waals surface area contributed by atoms with Gasteiger partial charge in [0.2, 0.25) is 5.91 Å². The van der Waals surface area contributed by atoms with Crippen LogP contribution in [0.1, 0.15) is 66.4 Å². The van der Waals surface area contributed by atoms with Gasteiger partial charge in [-0.3, -0.25) is 14.5 Å². The molecule has 1 atom stereocenters. The Morgan fingerprint density at radius 3 is 2.49 bits per heavy atom. The summed E-state index contributed by atoms with van der Waals surface area (Å²) in [4.78, 5) is 44.4. The predicted molar refractivity (Wildman–Crippen MR) is 176 cm³/mol. The Morgan fingerprint density at radius 1 is 1.07 bits per heavy atom. The highest BCUT2D eigenvalue weighted by molar-refractivity contribution is 9.10. The zero-order valence-corrected chi connectivity index (χ0v) is 28.5. The van der Waals surface area contributed by atoms with Crippen LogP contribution >= 0.6 is 15.9 Å². The van der Waals surface area contributed by atoms with E-state index < -0.39 is 11.7 Å². The predicted octanol–water partition coefficient (Wildman–Crippen LogP) is 4.93. The molecule has 2 aliphatic rings. The molecular weight excluding hydrogens is 638 g/mol. The van der Waals surface area contributed by atoms with Gasteiger partial charge in [0.1, 0.15) is 17.8 Å². The van der Waals surface area contributed by atoms with Gasteiger partial charge in [0.05, 0.1) is 24.0 Å². The normalized spacial score (nSPS) is 17.4. The van der Waals surface area contributed by atoms with Gasteiger partial charge in [0.25, 0.3) is 5.91 Å². The number of carbonyl (C=O) groups excluding carboxylic acids is 3. The van der Waals surface area contributed by atoms with Crippen molar-refractivity contribution in [3.63, 3.8) is 0 Å². The number of hydrogen-bond donors (Lipinski definition) is 1. The molecule has 0 saturated carbocycles. The number of benzene rings is 2. The highest BCUT2D eigenvalue weighted by Gasteiger charge is 2.31. The lowest BCUT2D eigenvalue weighted by Crippen LogP contribution is -2.52. The van der Waals surface area contributed by atoms with Gasteiger partial charge in [-0.15, -0.1) is 5.10 Å². The molecule has 240 valence electrons. The summed E-state index contributed by atoms with van der Waals surface area (Å²) >= 11 is 3.59. The summed E-state index contributed by atoms with van der Waals surface area (Å²) in [6, 6.07) is 9.93. The number of aromatic nitrogens is 3. The van der Waals surface area contributed by atoms with Crippen LogP contribution in [0.2, 0.25) is 0 Å². The summed E-state index contributed by atoms with van der Waals surface area (Å²) in [5, 5.41) is 11.9. The molecule has 45 heavy (non-hydrogen) atoms. The molecule has 2 saturated heterocycles. The van der Waals surface area contributed by atoms with Gasteiger partial charge in [-0.05, 0) is 95.3 Å². The van der Waals surface area contributed by atoms with Gasteiger partial charge in [0, 0.05) is 42.4 Å². The molecule has 3 heterocycles. The lowest BCUT2D eigenvalue weighted by molar-refractivity contribution is -0.136. The summed E-state index contributed by atoms with van der Waals surface area (Å²) < 4.78 is 8.08. The smallest absolute Gasteiger partial charge is 0.410 e. The summed E-state index contributed by atoms with van der Waals surface area (Å²) in [6.45, 7) is 14.2. The van der Waals surface area contributed by atoms with E-state index in [2.05, 4.69) is 62.4 Å². The fraction of sp³-hybridized carbons (Fsp3) is 0.485. The first-order valence-electron chi connectivity index (χ1n) is 15.4. The maximum absolute atomic E-state index is 13.7. The maximum Gasteiger partial charge on any atom is 0.410 e. The van der Waals surface area contributed by atoms with E-state index in [9.17, 15) is 14.4 Å². The molecule has 3 amide bonds. The van der Waals surface area contributed by atoms with Gasteiger partial charge < -0.3 is 19.9 Å². The van der Waals surface area contributed by atoms with Crippen LogP contribution in [0.5, 0.6) is 0 Å². The topological polar surface area (TPSA) is 113 Å². The van der Waals surface area contributed by atoms with Gasteiger partial charge in [0.15, 0.2) is 0 Å². The van der Waals surface area contributed by atoms with Crippen LogP contribution in [0.4, 0.5) is 10.5 Å². The first-order chi connectivity index (χ1) is 21.3. The van der Waals surface area contributed by atoms with E-state index in [1.165, 1.54) is 21.7 Å². The standard InChI is InChI=1S/C33H42BrN7O4/c1-21-9-10-27(31(43)35-25-8-7-11-39(17-25)30-22(2)15-24(34)16-23(30)3)28(14-21)41-19-26(36-37-41)18-38-12-13-40(20-29(38)42)32(44)45-33(4,5)6/h9-10,14-16,19,25H,7-8,11-13,17-18,20H2,1-6H3,(H,35,43). The molecule has 0 radical (unpaired) electrons. The number of ether oxygens (including phenoxy) is 1. The molecule has 1 N–H and O–H groups in total. The highest BCUT2D eigenvalue weighted by Crippen LogP contribution is 2.31. The lowest BCUT2D eigenvalue weighted by Gasteiger charge is -2.36. The molecule has 12 heteroatoms. The Hall–Kier alpha value is -3.93. The minimum Gasteiger partial charge on any atom is -0.444 e. The van der Waals surface area contributed by atoms with Gasteiger partial charge in [-0.25, -0.2) is 9.48 Å². The molecule has 3 aromatic rings. The van der Waals surface area contributed by atoms with Crippen molar-refractivity contribution in [3.05, 3.63) is 68.9 Å². The summed E-state index contributed by atoms with van der Waals surface area (Å²) in [5.74, 6) is -0.348. The van der Waals surface area contributed by atoms with E-state index in [4.69, 9.17) is 4.74 Å². The van der Waals surface area contributed by atoms with E-state index >= 15 is 0 Å². The van der Waals surface area contributed by atoms with Gasteiger partial charge in [-0.1, -0.05) is 27.2 Å². The largest absolute Gasteiger partial charge is 0.444 e. The van der Waals surface area contributed by atoms with Crippen molar-refractivity contribution in [2.45, 2.75) is 72.6 Å². The number of piperazine rings is 1. The average molecular weight is 681 g/mol. The summed E-state index contributed by atoms with van der Waals surface area (Å²) in [5.41, 5.74) is 5.73. The van der Waals surface area contributed by atoms with Gasteiger partial charge >= 0.3 is 6.09 Å². The Labute approximate surface area is 273 Å². The van der Waals surface area contributed by atoms with E-state index in [0.29, 0.717) is 30.0 Å². The first-order valence-corrected chi connectivity index (χ1v) is 16.2. The number of amides is 3. The Balaban J connectivity index is 1.25. The van der Waals surface area contributed by atoms with Crippen LogP contribution < -0.4 is 10.2 Å². The SMILES string of the molecule is Cc1ccc(C(=O)NC2CCCN(c3c(C)cc(Br)cc3C)C2)c(-n2cc(CN3CCN(C(=O)OC(C)(C)C)CC3=O)nn2)c1. The molecule has 11 nitrogen and oxygen atoms in total. The highest BCUT2D eigenvalue weighted by atomic mass is 79.9. The summed E-state index contributed by atoms with van der Waals surface area (Å²) in [7, 11) is 0. The molecule has 5 rings (SSSR count). The van der Waals surface area contributed by atoms with Crippen LogP contribution in [0.15, 0.2) is 41.0 Å². The molecule has 0 spiro atoms. The van der Waals surface area contributed by atoms with Crippen LogP contribution in [0.3, 0.4) is 0 Å². The second-order valence-electron chi connectivity index (χ2n) is 13.0. The first kappa shape index (κ1) is 32.5. The minimum absolute atomic E-state index is 0.000448. The quantitative estimate of drug-likeness (QED) is 0.393. The van der Waals surface area contributed by atoms with Crippen LogP contribution in [0.25, 0.3) is 5.69 Å². The second-order valence-corrected chi connectivity index (χ2v) is 14.0.